The van der Waals surface area contributed by atoms with Crippen molar-refractivity contribution in [3.63, 3.8) is 0 Å². The molecule has 30 heavy (non-hydrogen) atoms. The van der Waals surface area contributed by atoms with E-state index >= 15 is 0 Å². The fourth-order valence-corrected chi connectivity index (χ4v) is 3.93. The lowest BCUT2D eigenvalue weighted by Crippen LogP contribution is -2.44. The van der Waals surface area contributed by atoms with Crippen LogP contribution in [0.5, 0.6) is 0 Å². The Balaban J connectivity index is 2.12. The Hall–Kier alpha value is -3.40. The third-order valence-corrected chi connectivity index (χ3v) is 5.45. The van der Waals surface area contributed by atoms with Gasteiger partial charge in [0.1, 0.15) is 6.04 Å². The summed E-state index contributed by atoms with van der Waals surface area (Å²) in [5.41, 5.74) is 2.36. The summed E-state index contributed by atoms with van der Waals surface area (Å²) in [6, 6.07) is 29.4. The third kappa shape index (κ3) is 4.43. The molecule has 0 spiro atoms. The third-order valence-electron chi connectivity index (χ3n) is 5.45. The normalized spacial score (nSPS) is 12.1. The van der Waals surface area contributed by atoms with Crippen LogP contribution in [0, 0.1) is 0 Å². The van der Waals surface area contributed by atoms with Crippen molar-refractivity contribution in [1.29, 1.82) is 0 Å². The molecule has 0 aliphatic heterocycles. The molecule has 1 N–H and O–H groups in total. The lowest BCUT2D eigenvalue weighted by molar-refractivity contribution is -0.145. The smallest absolute Gasteiger partial charge is 0.328 e. The fourth-order valence-electron chi connectivity index (χ4n) is 3.93. The maximum Gasteiger partial charge on any atom is 0.328 e. The van der Waals surface area contributed by atoms with E-state index in [0.717, 1.165) is 16.7 Å². The highest BCUT2D eigenvalue weighted by Crippen LogP contribution is 2.42. The highest BCUT2D eigenvalue weighted by molar-refractivity contribution is 5.86. The fraction of sp³-hybridized carbons (Fsp3) is 0.231. The van der Waals surface area contributed by atoms with E-state index in [1.165, 1.54) is 7.11 Å². The largest absolute Gasteiger partial charge is 0.467 e. The molecule has 0 bridgehead atoms. The molecule has 1 atom stereocenters. The Morgan fingerprint density at radius 1 is 0.800 bits per heavy atom. The second kappa shape index (κ2) is 9.88. The minimum atomic E-state index is -0.692. The first-order valence-corrected chi connectivity index (χ1v) is 10.2. The van der Waals surface area contributed by atoms with Crippen molar-refractivity contribution in [2.45, 2.75) is 31.2 Å². The monoisotopic (exact) mass is 401 g/mol. The molecule has 0 aliphatic carbocycles. The lowest BCUT2D eigenvalue weighted by Gasteiger charge is -2.36. The zero-order valence-electron chi connectivity index (χ0n) is 17.4. The number of hydrogen-bond acceptors (Lipinski definition) is 3. The van der Waals surface area contributed by atoms with Gasteiger partial charge in [-0.15, -0.1) is 0 Å². The van der Waals surface area contributed by atoms with Gasteiger partial charge in [0.05, 0.1) is 12.5 Å². The van der Waals surface area contributed by atoms with Crippen LogP contribution in [0.4, 0.5) is 0 Å². The summed E-state index contributed by atoms with van der Waals surface area (Å²) in [6.45, 7) is 1.85. The number of carbonyl (C=O) groups is 2. The van der Waals surface area contributed by atoms with Crippen LogP contribution in [-0.2, 0) is 19.7 Å². The van der Waals surface area contributed by atoms with Gasteiger partial charge in [-0.3, -0.25) is 4.79 Å². The van der Waals surface area contributed by atoms with Gasteiger partial charge in [0.15, 0.2) is 0 Å². The molecule has 0 aliphatic rings. The molecule has 0 aromatic heterocycles. The summed E-state index contributed by atoms with van der Waals surface area (Å²) in [4.78, 5) is 25.3. The van der Waals surface area contributed by atoms with Crippen LogP contribution in [-0.4, -0.2) is 25.0 Å². The molecule has 0 heterocycles. The van der Waals surface area contributed by atoms with Crippen LogP contribution in [0.25, 0.3) is 0 Å². The minimum absolute atomic E-state index is 0.165. The SMILES string of the molecule is CC[C@@H](NC(=O)CC(c1ccccc1)(c1ccccc1)c1ccccc1)C(=O)OC. The highest BCUT2D eigenvalue weighted by atomic mass is 16.5. The molecule has 4 heteroatoms. The van der Waals surface area contributed by atoms with E-state index in [2.05, 4.69) is 5.32 Å². The molecule has 154 valence electrons. The molecule has 0 unspecified atom stereocenters. The van der Waals surface area contributed by atoms with Crippen molar-refractivity contribution < 1.29 is 14.3 Å². The van der Waals surface area contributed by atoms with E-state index < -0.39 is 17.4 Å². The average Bonchev–Trinajstić information content (AvgIpc) is 2.82. The number of methoxy groups -OCH3 is 1. The summed E-state index contributed by atoms with van der Waals surface area (Å²) >= 11 is 0. The van der Waals surface area contributed by atoms with Crippen LogP contribution in [0.1, 0.15) is 36.5 Å². The van der Waals surface area contributed by atoms with Crippen molar-refractivity contribution in [2.24, 2.45) is 0 Å². The Bertz CT molecular complexity index is 859. The number of ether oxygens (including phenoxy) is 1. The van der Waals surface area contributed by atoms with E-state index in [1.807, 2.05) is 97.9 Å². The van der Waals surface area contributed by atoms with Gasteiger partial charge >= 0.3 is 5.97 Å². The molecule has 0 saturated heterocycles. The van der Waals surface area contributed by atoms with Gasteiger partial charge in [0.25, 0.3) is 0 Å². The Morgan fingerprint density at radius 2 is 1.20 bits per heavy atom. The number of benzene rings is 3. The van der Waals surface area contributed by atoms with Gasteiger partial charge in [-0.2, -0.15) is 0 Å². The van der Waals surface area contributed by atoms with Gasteiger partial charge in [-0.05, 0) is 23.1 Å². The number of nitrogens with one attached hydrogen (secondary N) is 1. The van der Waals surface area contributed by atoms with Gasteiger partial charge < -0.3 is 10.1 Å². The number of carbonyl (C=O) groups excluding carboxylic acids is 2. The summed E-state index contributed by atoms with van der Waals surface area (Å²) in [5, 5.41) is 2.87. The maximum atomic E-state index is 13.2. The molecule has 1 amide bonds. The van der Waals surface area contributed by atoms with Gasteiger partial charge in [0.2, 0.25) is 5.91 Å². The molecule has 4 nitrogen and oxygen atoms in total. The van der Waals surface area contributed by atoms with Crippen LogP contribution < -0.4 is 5.32 Å². The molecular weight excluding hydrogens is 374 g/mol. The second-order valence-corrected chi connectivity index (χ2v) is 7.23. The lowest BCUT2D eigenvalue weighted by atomic mass is 9.67. The van der Waals surface area contributed by atoms with Crippen LogP contribution >= 0.6 is 0 Å². The number of amides is 1. The summed E-state index contributed by atoms with van der Waals surface area (Å²) in [7, 11) is 1.33. The Labute approximate surface area is 177 Å². The van der Waals surface area contributed by atoms with Gasteiger partial charge in [-0.25, -0.2) is 4.79 Å². The summed E-state index contributed by atoms with van der Waals surface area (Å²) < 4.78 is 4.83. The maximum absolute atomic E-state index is 13.2. The zero-order valence-corrected chi connectivity index (χ0v) is 17.4. The summed E-state index contributed by atoms with van der Waals surface area (Å²) in [6.07, 6.45) is 0.631. The van der Waals surface area contributed by atoms with E-state index in [0.29, 0.717) is 6.42 Å². The Kier molecular flexibility index (Phi) is 7.02. The zero-order chi connectivity index (χ0) is 21.4. The molecule has 3 aromatic carbocycles. The van der Waals surface area contributed by atoms with E-state index in [9.17, 15) is 9.59 Å². The van der Waals surface area contributed by atoms with E-state index in [1.54, 1.807) is 0 Å². The van der Waals surface area contributed by atoms with Crippen LogP contribution in [0.15, 0.2) is 91.0 Å². The predicted molar refractivity (Wildman–Crippen MR) is 118 cm³/mol. The molecule has 3 aromatic rings. The van der Waals surface area contributed by atoms with Gasteiger partial charge in [0, 0.05) is 6.42 Å². The van der Waals surface area contributed by atoms with Crippen molar-refractivity contribution in [2.75, 3.05) is 7.11 Å². The first kappa shape index (κ1) is 21.3. The van der Waals surface area contributed by atoms with Crippen molar-refractivity contribution >= 4 is 11.9 Å². The number of hydrogen-bond donors (Lipinski definition) is 1. The topological polar surface area (TPSA) is 55.4 Å². The highest BCUT2D eigenvalue weighted by Gasteiger charge is 2.39. The second-order valence-electron chi connectivity index (χ2n) is 7.23. The average molecular weight is 402 g/mol. The number of rotatable bonds is 8. The Morgan fingerprint density at radius 3 is 1.53 bits per heavy atom. The molecule has 3 rings (SSSR count). The predicted octanol–water partition coefficient (Wildman–Crippen LogP) is 4.48. The standard InChI is InChI=1S/C26H27NO3/c1-3-23(25(29)30-2)27-24(28)19-26(20-13-7-4-8-14-20,21-15-9-5-10-16-21)22-17-11-6-12-18-22/h4-18,23H,3,19H2,1-2H3,(H,27,28)/t23-/m1/s1. The van der Waals surface area contributed by atoms with Gasteiger partial charge in [-0.1, -0.05) is 97.9 Å². The van der Waals surface area contributed by atoms with E-state index in [4.69, 9.17) is 4.74 Å². The van der Waals surface area contributed by atoms with E-state index in [-0.39, 0.29) is 12.3 Å². The number of esters is 1. The van der Waals surface area contributed by atoms with Crippen LogP contribution in [0.2, 0.25) is 0 Å². The quantitative estimate of drug-likeness (QED) is 0.447. The minimum Gasteiger partial charge on any atom is -0.467 e. The van der Waals surface area contributed by atoms with Crippen molar-refractivity contribution in [1.82, 2.24) is 5.32 Å². The summed E-state index contributed by atoms with van der Waals surface area (Å²) in [5.74, 6) is -0.639. The van der Waals surface area contributed by atoms with Crippen molar-refractivity contribution in [3.05, 3.63) is 108 Å². The van der Waals surface area contributed by atoms with Crippen molar-refractivity contribution in [3.8, 4) is 0 Å². The first-order chi connectivity index (χ1) is 14.6. The molecule has 0 radical (unpaired) electrons. The first-order valence-electron chi connectivity index (χ1n) is 10.2. The van der Waals surface area contributed by atoms with Crippen LogP contribution in [0.3, 0.4) is 0 Å². The molecule has 0 saturated carbocycles. The molecular formula is C26H27NO3. The molecule has 0 fully saturated rings.